The van der Waals surface area contributed by atoms with Crippen molar-refractivity contribution in [2.45, 2.75) is 32.4 Å². The third-order valence-corrected chi connectivity index (χ3v) is 7.12. The van der Waals surface area contributed by atoms with Crippen molar-refractivity contribution in [3.8, 4) is 0 Å². The van der Waals surface area contributed by atoms with Crippen LogP contribution in [0.2, 0.25) is 0 Å². The number of nitrogens with zero attached hydrogens (tertiary/aromatic N) is 4. The summed E-state index contributed by atoms with van der Waals surface area (Å²) < 4.78 is 5.38. The molecule has 2 aromatic rings. The van der Waals surface area contributed by atoms with Crippen molar-refractivity contribution in [2.24, 2.45) is 0 Å². The number of rotatable bonds is 3. The second kappa shape index (κ2) is 9.37. The van der Waals surface area contributed by atoms with E-state index in [1.54, 1.807) is 11.8 Å². The van der Waals surface area contributed by atoms with Crippen LogP contribution in [0.4, 0.5) is 16.2 Å². The van der Waals surface area contributed by atoms with Gasteiger partial charge in [-0.3, -0.25) is 14.5 Å². The minimum atomic E-state index is -0.303. The zero-order valence-corrected chi connectivity index (χ0v) is 19.5. The fourth-order valence-electron chi connectivity index (χ4n) is 5.13. The van der Waals surface area contributed by atoms with Gasteiger partial charge in [-0.2, -0.15) is 0 Å². The summed E-state index contributed by atoms with van der Waals surface area (Å²) in [6, 6.07) is 15.6. The quantitative estimate of drug-likeness (QED) is 0.701. The monoisotopic (exact) mass is 462 g/mol. The molecule has 8 nitrogen and oxygen atoms in total. The minimum absolute atomic E-state index is 0.0213. The molecule has 0 unspecified atom stereocenters. The largest absolute Gasteiger partial charge is 0.444 e. The van der Waals surface area contributed by atoms with Crippen LogP contribution < -0.4 is 9.80 Å². The molecule has 0 atom stereocenters. The fourth-order valence-corrected chi connectivity index (χ4v) is 5.13. The van der Waals surface area contributed by atoms with Crippen molar-refractivity contribution in [3.05, 3.63) is 59.7 Å². The summed E-state index contributed by atoms with van der Waals surface area (Å²) in [5, 5.41) is 0. The molecule has 0 bridgehead atoms. The van der Waals surface area contributed by atoms with E-state index in [0.717, 1.165) is 43.1 Å². The van der Waals surface area contributed by atoms with Gasteiger partial charge in [0, 0.05) is 69.0 Å². The third-order valence-electron chi connectivity index (χ3n) is 7.12. The summed E-state index contributed by atoms with van der Waals surface area (Å²) in [6.45, 7) is 6.15. The van der Waals surface area contributed by atoms with Gasteiger partial charge in [-0.05, 0) is 43.2 Å². The maximum Gasteiger partial charge on any atom is 0.414 e. The molecule has 0 aliphatic carbocycles. The van der Waals surface area contributed by atoms with Crippen LogP contribution in [-0.4, -0.2) is 73.0 Å². The number of amides is 3. The van der Waals surface area contributed by atoms with E-state index in [1.165, 1.54) is 0 Å². The molecule has 5 rings (SSSR count). The predicted octanol–water partition coefficient (Wildman–Crippen LogP) is 3.12. The second-order valence-electron chi connectivity index (χ2n) is 9.12. The van der Waals surface area contributed by atoms with Gasteiger partial charge in [-0.1, -0.05) is 18.2 Å². The van der Waals surface area contributed by atoms with Crippen LogP contribution in [0.5, 0.6) is 0 Å². The average Bonchev–Trinajstić information content (AvgIpc) is 2.88. The number of para-hydroxylation sites is 1. The molecule has 178 valence electrons. The van der Waals surface area contributed by atoms with Crippen molar-refractivity contribution in [3.63, 3.8) is 0 Å². The first kappa shape index (κ1) is 22.3. The number of piperidine rings is 1. The first-order valence-electron chi connectivity index (χ1n) is 11.9. The molecule has 2 aromatic carbocycles. The molecule has 2 saturated heterocycles. The van der Waals surface area contributed by atoms with Gasteiger partial charge >= 0.3 is 6.09 Å². The second-order valence-corrected chi connectivity index (χ2v) is 9.12. The molecule has 0 saturated carbocycles. The molecule has 0 aromatic heterocycles. The van der Waals surface area contributed by atoms with E-state index < -0.39 is 0 Å². The molecule has 0 N–H and O–H groups in total. The standard InChI is InChI=1S/C26H30N4O4/c1-19(31)27-14-16-28(17-15-27)22-8-6-20(7-9-22)25(32)29-12-10-23(11-13-29)30-24-5-3-2-4-21(24)18-34-26(30)33/h2-9,23H,10-18H2,1H3. The van der Waals surface area contributed by atoms with Crippen molar-refractivity contribution < 1.29 is 19.1 Å². The van der Waals surface area contributed by atoms with Crippen LogP contribution in [0.1, 0.15) is 35.7 Å². The highest BCUT2D eigenvalue weighted by atomic mass is 16.6. The van der Waals surface area contributed by atoms with Crippen molar-refractivity contribution in [1.82, 2.24) is 9.80 Å². The van der Waals surface area contributed by atoms with Crippen molar-refractivity contribution in [2.75, 3.05) is 49.1 Å². The summed E-state index contributed by atoms with van der Waals surface area (Å²) in [4.78, 5) is 44.9. The Bertz CT molecular complexity index is 1070. The van der Waals surface area contributed by atoms with E-state index in [-0.39, 0.29) is 23.9 Å². The molecule has 0 spiro atoms. The molecule has 3 heterocycles. The molecular formula is C26H30N4O4. The van der Waals surface area contributed by atoms with Crippen molar-refractivity contribution in [1.29, 1.82) is 0 Å². The number of likely N-dealkylation sites (tertiary alicyclic amines) is 1. The summed E-state index contributed by atoms with van der Waals surface area (Å²) in [5.74, 6) is 0.138. The molecule has 2 fully saturated rings. The SMILES string of the molecule is CC(=O)N1CCN(c2ccc(C(=O)N3CCC(N4C(=O)OCc5ccccc54)CC3)cc2)CC1. The lowest BCUT2D eigenvalue weighted by Gasteiger charge is -2.40. The number of carbonyl (C=O) groups excluding carboxylic acids is 3. The Morgan fingerprint density at radius 1 is 0.853 bits per heavy atom. The van der Waals surface area contributed by atoms with E-state index in [2.05, 4.69) is 4.90 Å². The van der Waals surface area contributed by atoms with Crippen molar-refractivity contribution >= 4 is 29.3 Å². The van der Waals surface area contributed by atoms with Crippen LogP contribution in [0, 0.1) is 0 Å². The fraction of sp³-hybridized carbons (Fsp3) is 0.423. The number of ether oxygens (including phenoxy) is 1. The van der Waals surface area contributed by atoms with Gasteiger partial charge in [-0.15, -0.1) is 0 Å². The van der Waals surface area contributed by atoms with Crippen LogP contribution in [0.25, 0.3) is 0 Å². The number of hydrogen-bond donors (Lipinski definition) is 0. The van der Waals surface area contributed by atoms with Gasteiger partial charge in [0.15, 0.2) is 0 Å². The van der Waals surface area contributed by atoms with Gasteiger partial charge < -0.3 is 19.4 Å². The van der Waals surface area contributed by atoms with E-state index in [0.29, 0.717) is 38.1 Å². The summed E-state index contributed by atoms with van der Waals surface area (Å²) >= 11 is 0. The highest BCUT2D eigenvalue weighted by Gasteiger charge is 2.35. The van der Waals surface area contributed by atoms with E-state index >= 15 is 0 Å². The lowest BCUT2D eigenvalue weighted by atomic mass is 10.00. The Labute approximate surface area is 199 Å². The summed E-state index contributed by atoms with van der Waals surface area (Å²) in [7, 11) is 0. The Hall–Kier alpha value is -3.55. The molecule has 3 aliphatic rings. The van der Waals surface area contributed by atoms with E-state index in [9.17, 15) is 14.4 Å². The van der Waals surface area contributed by atoms with Crippen LogP contribution in [-0.2, 0) is 16.1 Å². The Morgan fingerprint density at radius 3 is 2.21 bits per heavy atom. The third kappa shape index (κ3) is 4.32. The predicted molar refractivity (Wildman–Crippen MR) is 129 cm³/mol. The Kier molecular flexibility index (Phi) is 6.13. The first-order chi connectivity index (χ1) is 16.5. The highest BCUT2D eigenvalue weighted by Crippen LogP contribution is 2.32. The zero-order chi connectivity index (χ0) is 23.7. The summed E-state index contributed by atoms with van der Waals surface area (Å²) in [5.41, 5.74) is 3.68. The maximum absolute atomic E-state index is 13.1. The van der Waals surface area contributed by atoms with Gasteiger partial charge in [0.1, 0.15) is 6.61 Å². The maximum atomic E-state index is 13.1. The number of cyclic esters (lactones) is 1. The summed E-state index contributed by atoms with van der Waals surface area (Å²) in [6.07, 6.45) is 1.13. The smallest absolute Gasteiger partial charge is 0.414 e. The van der Waals surface area contributed by atoms with E-state index in [4.69, 9.17) is 4.74 Å². The number of piperazine rings is 1. The zero-order valence-electron chi connectivity index (χ0n) is 19.5. The molecule has 0 radical (unpaired) electrons. The normalized spacial score (nSPS) is 19.0. The molecule has 8 heteroatoms. The Balaban J connectivity index is 1.19. The van der Waals surface area contributed by atoms with Crippen LogP contribution >= 0.6 is 0 Å². The van der Waals surface area contributed by atoms with Gasteiger partial charge in [0.2, 0.25) is 5.91 Å². The average molecular weight is 463 g/mol. The Morgan fingerprint density at radius 2 is 1.53 bits per heavy atom. The minimum Gasteiger partial charge on any atom is -0.444 e. The number of benzene rings is 2. The molecule has 34 heavy (non-hydrogen) atoms. The first-order valence-corrected chi connectivity index (χ1v) is 11.9. The number of fused-ring (bicyclic) bond motifs is 1. The molecule has 3 amide bonds. The number of hydrogen-bond acceptors (Lipinski definition) is 5. The highest BCUT2D eigenvalue weighted by molar-refractivity contribution is 5.95. The lowest BCUT2D eigenvalue weighted by molar-refractivity contribution is -0.129. The molecule has 3 aliphatic heterocycles. The van der Waals surface area contributed by atoms with Gasteiger partial charge in [0.25, 0.3) is 5.91 Å². The van der Waals surface area contributed by atoms with Gasteiger partial charge in [0.05, 0.1) is 5.69 Å². The topological polar surface area (TPSA) is 73.4 Å². The molecular weight excluding hydrogens is 432 g/mol. The van der Waals surface area contributed by atoms with Crippen LogP contribution in [0.15, 0.2) is 48.5 Å². The van der Waals surface area contributed by atoms with Gasteiger partial charge in [-0.25, -0.2) is 4.79 Å². The van der Waals surface area contributed by atoms with E-state index in [1.807, 2.05) is 58.3 Å². The number of anilines is 2. The number of carbonyl (C=O) groups is 3. The van der Waals surface area contributed by atoms with Crippen LogP contribution in [0.3, 0.4) is 0 Å². The lowest BCUT2D eigenvalue weighted by Crippen LogP contribution is -2.50.